The van der Waals surface area contributed by atoms with Gasteiger partial charge in [-0.05, 0) is 30.0 Å². The number of ether oxygens (including phenoxy) is 3. The van der Waals surface area contributed by atoms with Gasteiger partial charge in [-0.3, -0.25) is 0 Å². The van der Waals surface area contributed by atoms with Crippen LogP contribution in [0.3, 0.4) is 0 Å². The highest BCUT2D eigenvalue weighted by Crippen LogP contribution is 2.27. The van der Waals surface area contributed by atoms with Gasteiger partial charge in [-0.2, -0.15) is 0 Å². The number of esters is 1. The van der Waals surface area contributed by atoms with Gasteiger partial charge in [0, 0.05) is 18.3 Å². The topological polar surface area (TPSA) is 57.7 Å². The second kappa shape index (κ2) is 8.39. The highest BCUT2D eigenvalue weighted by atomic mass is 16.6. The number of aromatic nitrogens is 1. The zero-order valence-corrected chi connectivity index (χ0v) is 15.5. The second-order valence-electron chi connectivity index (χ2n) is 6.78. The van der Waals surface area contributed by atoms with E-state index in [-0.39, 0.29) is 12.0 Å². The lowest BCUT2D eigenvalue weighted by atomic mass is 9.88. The Morgan fingerprint density at radius 2 is 1.96 bits per heavy atom. The molecule has 26 heavy (non-hydrogen) atoms. The Kier molecular flexibility index (Phi) is 6.24. The lowest BCUT2D eigenvalue weighted by Gasteiger charge is -2.18. The summed E-state index contributed by atoms with van der Waals surface area (Å²) in [6, 6.07) is 10.8. The standard InChI is InChI=1S/C21H23NO4/c1-6-12-24-20(23)15(2)25-17-8-7-9-18(13-17)26-19-11-10-16(14-22-19)21(3,4)5/h1,7-11,13-15H,12H2,2-5H3/t15-/m0/s1. The first-order chi connectivity index (χ1) is 12.3. The fourth-order valence-corrected chi connectivity index (χ4v) is 2.10. The molecule has 2 rings (SSSR count). The SMILES string of the molecule is C#CCOC(=O)[C@H](C)Oc1cccc(Oc2ccc(C(C)(C)C)cn2)c1. The summed E-state index contributed by atoms with van der Waals surface area (Å²) in [5.41, 5.74) is 1.16. The molecule has 0 aliphatic carbocycles. The Balaban J connectivity index is 2.03. The van der Waals surface area contributed by atoms with Crippen LogP contribution in [0, 0.1) is 12.3 Å². The molecule has 0 aliphatic heterocycles. The molecule has 1 atom stereocenters. The monoisotopic (exact) mass is 353 g/mol. The first-order valence-electron chi connectivity index (χ1n) is 8.31. The summed E-state index contributed by atoms with van der Waals surface area (Å²) in [5, 5.41) is 0. The maximum absolute atomic E-state index is 11.7. The van der Waals surface area contributed by atoms with Crippen LogP contribution in [0.2, 0.25) is 0 Å². The van der Waals surface area contributed by atoms with Gasteiger partial charge in [-0.25, -0.2) is 9.78 Å². The minimum Gasteiger partial charge on any atom is -0.479 e. The average molecular weight is 353 g/mol. The van der Waals surface area contributed by atoms with Crippen LogP contribution in [0.5, 0.6) is 17.4 Å². The van der Waals surface area contributed by atoms with Gasteiger partial charge in [-0.15, -0.1) is 6.42 Å². The first kappa shape index (κ1) is 19.3. The molecule has 0 saturated carbocycles. The molecule has 0 amide bonds. The molecule has 0 aliphatic rings. The van der Waals surface area contributed by atoms with E-state index in [0.29, 0.717) is 17.4 Å². The molecule has 0 N–H and O–H groups in total. The quantitative estimate of drug-likeness (QED) is 0.578. The zero-order valence-electron chi connectivity index (χ0n) is 15.5. The van der Waals surface area contributed by atoms with E-state index >= 15 is 0 Å². The molecule has 1 aromatic carbocycles. The van der Waals surface area contributed by atoms with Crippen molar-refractivity contribution >= 4 is 5.97 Å². The number of hydrogen-bond donors (Lipinski definition) is 0. The van der Waals surface area contributed by atoms with E-state index in [4.69, 9.17) is 20.6 Å². The van der Waals surface area contributed by atoms with Gasteiger partial charge in [0.2, 0.25) is 5.88 Å². The average Bonchev–Trinajstić information content (AvgIpc) is 2.59. The fourth-order valence-electron chi connectivity index (χ4n) is 2.10. The van der Waals surface area contributed by atoms with Crippen LogP contribution in [0.25, 0.3) is 0 Å². The van der Waals surface area contributed by atoms with E-state index in [1.165, 1.54) is 0 Å². The van der Waals surface area contributed by atoms with Gasteiger partial charge in [-0.1, -0.05) is 38.8 Å². The van der Waals surface area contributed by atoms with Crippen molar-refractivity contribution in [3.63, 3.8) is 0 Å². The van der Waals surface area contributed by atoms with Crippen molar-refractivity contribution in [3.8, 4) is 29.7 Å². The summed E-state index contributed by atoms with van der Waals surface area (Å²) < 4.78 is 16.2. The van der Waals surface area contributed by atoms with Crippen molar-refractivity contribution in [2.24, 2.45) is 0 Å². The molecule has 136 valence electrons. The minimum absolute atomic E-state index is 0.0312. The fraction of sp³-hybridized carbons (Fsp3) is 0.333. The van der Waals surface area contributed by atoms with Gasteiger partial charge >= 0.3 is 5.97 Å². The molecule has 0 spiro atoms. The van der Waals surface area contributed by atoms with Gasteiger partial charge in [0.25, 0.3) is 0 Å². The van der Waals surface area contributed by atoms with Crippen LogP contribution in [-0.4, -0.2) is 23.7 Å². The second-order valence-corrected chi connectivity index (χ2v) is 6.78. The third-order valence-corrected chi connectivity index (χ3v) is 3.57. The van der Waals surface area contributed by atoms with Crippen molar-refractivity contribution < 1.29 is 19.0 Å². The van der Waals surface area contributed by atoms with Crippen molar-refractivity contribution in [2.75, 3.05) is 6.61 Å². The van der Waals surface area contributed by atoms with E-state index in [0.717, 1.165) is 5.56 Å². The predicted octanol–water partition coefficient (Wildman–Crippen LogP) is 4.12. The number of pyridine rings is 1. The summed E-state index contributed by atoms with van der Waals surface area (Å²) in [7, 11) is 0. The molecule has 0 bridgehead atoms. The van der Waals surface area contributed by atoms with E-state index in [9.17, 15) is 4.79 Å². The third-order valence-electron chi connectivity index (χ3n) is 3.57. The highest BCUT2D eigenvalue weighted by molar-refractivity contribution is 5.74. The number of benzene rings is 1. The van der Waals surface area contributed by atoms with Gasteiger partial charge in [0.05, 0.1) is 0 Å². The van der Waals surface area contributed by atoms with Crippen LogP contribution in [0.4, 0.5) is 0 Å². The van der Waals surface area contributed by atoms with Gasteiger partial charge in [0.15, 0.2) is 12.7 Å². The lowest BCUT2D eigenvalue weighted by molar-refractivity contribution is -0.149. The number of rotatable bonds is 6. The van der Waals surface area contributed by atoms with E-state index in [2.05, 4.69) is 31.7 Å². The van der Waals surface area contributed by atoms with Crippen molar-refractivity contribution in [1.29, 1.82) is 0 Å². The smallest absolute Gasteiger partial charge is 0.347 e. The maximum atomic E-state index is 11.7. The number of nitrogens with zero attached hydrogens (tertiary/aromatic N) is 1. The Bertz CT molecular complexity index is 785. The van der Waals surface area contributed by atoms with Gasteiger partial charge in [0.1, 0.15) is 11.5 Å². The molecule has 5 heteroatoms. The summed E-state index contributed by atoms with van der Waals surface area (Å²) in [6.45, 7) is 7.90. The summed E-state index contributed by atoms with van der Waals surface area (Å²) in [5.74, 6) is 3.25. The molecule has 2 aromatic rings. The largest absolute Gasteiger partial charge is 0.479 e. The molecule has 0 unspecified atom stereocenters. The molecular formula is C21H23NO4. The Morgan fingerprint density at radius 1 is 1.23 bits per heavy atom. The zero-order chi connectivity index (χ0) is 19.2. The Labute approximate surface area is 154 Å². The van der Waals surface area contributed by atoms with Crippen molar-refractivity contribution in [2.45, 2.75) is 39.2 Å². The van der Waals surface area contributed by atoms with E-state index in [1.54, 1.807) is 37.4 Å². The number of hydrogen-bond acceptors (Lipinski definition) is 5. The molecular weight excluding hydrogens is 330 g/mol. The van der Waals surface area contributed by atoms with Crippen LogP contribution in [0.1, 0.15) is 33.3 Å². The van der Waals surface area contributed by atoms with E-state index < -0.39 is 12.1 Å². The Hall–Kier alpha value is -3.00. The van der Waals surface area contributed by atoms with Crippen LogP contribution in [0.15, 0.2) is 42.6 Å². The number of carbonyl (C=O) groups is 1. The van der Waals surface area contributed by atoms with Crippen LogP contribution in [-0.2, 0) is 14.9 Å². The summed E-state index contributed by atoms with van der Waals surface area (Å²) in [6.07, 6.45) is 6.09. The third kappa shape index (κ3) is 5.52. The first-order valence-corrected chi connectivity index (χ1v) is 8.31. The molecule has 1 heterocycles. The molecule has 0 fully saturated rings. The van der Waals surface area contributed by atoms with Crippen LogP contribution >= 0.6 is 0 Å². The summed E-state index contributed by atoms with van der Waals surface area (Å²) >= 11 is 0. The van der Waals surface area contributed by atoms with E-state index in [1.807, 2.05) is 12.1 Å². The molecule has 5 nitrogen and oxygen atoms in total. The normalized spacial score (nSPS) is 12.0. The predicted molar refractivity (Wildman–Crippen MR) is 99.3 cm³/mol. The molecule has 0 radical (unpaired) electrons. The van der Waals surface area contributed by atoms with Gasteiger partial charge < -0.3 is 14.2 Å². The molecule has 0 saturated heterocycles. The lowest BCUT2D eigenvalue weighted by Crippen LogP contribution is -2.26. The highest BCUT2D eigenvalue weighted by Gasteiger charge is 2.17. The van der Waals surface area contributed by atoms with Crippen LogP contribution < -0.4 is 9.47 Å². The maximum Gasteiger partial charge on any atom is 0.347 e. The molecule has 1 aromatic heterocycles. The number of carbonyl (C=O) groups excluding carboxylic acids is 1. The number of terminal acetylenes is 1. The minimum atomic E-state index is -0.775. The Morgan fingerprint density at radius 3 is 2.58 bits per heavy atom. The summed E-state index contributed by atoms with van der Waals surface area (Å²) in [4.78, 5) is 16.0. The van der Waals surface area contributed by atoms with Crippen molar-refractivity contribution in [1.82, 2.24) is 4.98 Å². The van der Waals surface area contributed by atoms with Crippen molar-refractivity contribution in [3.05, 3.63) is 48.2 Å².